The lowest BCUT2D eigenvalue weighted by molar-refractivity contribution is -0.122. The van der Waals surface area contributed by atoms with Gasteiger partial charge in [-0.3, -0.25) is 4.79 Å². The average molecular weight is 259 g/mol. The van der Waals surface area contributed by atoms with Crippen LogP contribution < -0.4 is 10.1 Å². The summed E-state index contributed by atoms with van der Waals surface area (Å²) in [4.78, 5) is 15.9. The molecule has 1 heterocycles. The number of ether oxygens (including phenoxy) is 1. The van der Waals surface area contributed by atoms with Gasteiger partial charge in [0.15, 0.2) is 0 Å². The van der Waals surface area contributed by atoms with Crippen LogP contribution in [0.4, 0.5) is 0 Å². The standard InChI is InChI=1S/C14H17N3O2/c1-19-11-4-5-12-13(8-11)17(9-16-12)7-6-15-14(18)10-2-3-10/h4-5,8-10H,2-3,6-7H2,1H3,(H,15,18). The van der Waals surface area contributed by atoms with E-state index >= 15 is 0 Å². The summed E-state index contributed by atoms with van der Waals surface area (Å²) in [6.07, 6.45) is 3.88. The fourth-order valence-corrected chi connectivity index (χ4v) is 2.13. The Morgan fingerprint density at radius 1 is 1.53 bits per heavy atom. The molecule has 1 aliphatic carbocycles. The second-order valence-electron chi connectivity index (χ2n) is 4.86. The van der Waals surface area contributed by atoms with Gasteiger partial charge in [0.2, 0.25) is 5.91 Å². The molecule has 100 valence electrons. The van der Waals surface area contributed by atoms with Crippen LogP contribution in [0.2, 0.25) is 0 Å². The van der Waals surface area contributed by atoms with Gasteiger partial charge in [0, 0.05) is 25.1 Å². The van der Waals surface area contributed by atoms with Crippen LogP contribution in [-0.4, -0.2) is 29.1 Å². The summed E-state index contributed by atoms with van der Waals surface area (Å²) in [5.41, 5.74) is 1.97. The number of hydrogen-bond donors (Lipinski definition) is 1. The molecule has 0 saturated heterocycles. The first-order valence-electron chi connectivity index (χ1n) is 6.54. The van der Waals surface area contributed by atoms with Crippen LogP contribution >= 0.6 is 0 Å². The summed E-state index contributed by atoms with van der Waals surface area (Å²) in [6.45, 7) is 1.36. The lowest BCUT2D eigenvalue weighted by Gasteiger charge is -2.07. The molecule has 5 heteroatoms. The summed E-state index contributed by atoms with van der Waals surface area (Å²) < 4.78 is 7.25. The zero-order valence-electron chi connectivity index (χ0n) is 10.9. The SMILES string of the molecule is COc1ccc2ncn(CCNC(=O)C3CC3)c2c1. The second kappa shape index (κ2) is 4.91. The molecule has 0 radical (unpaired) electrons. The average Bonchev–Trinajstić information content (AvgIpc) is 3.21. The Morgan fingerprint density at radius 3 is 3.11 bits per heavy atom. The Hall–Kier alpha value is -2.04. The predicted molar refractivity (Wildman–Crippen MR) is 72.0 cm³/mol. The van der Waals surface area contributed by atoms with E-state index < -0.39 is 0 Å². The van der Waals surface area contributed by atoms with Gasteiger partial charge in [-0.25, -0.2) is 4.98 Å². The zero-order valence-corrected chi connectivity index (χ0v) is 10.9. The van der Waals surface area contributed by atoms with E-state index in [1.807, 2.05) is 22.8 Å². The van der Waals surface area contributed by atoms with Crippen LogP contribution in [0.25, 0.3) is 11.0 Å². The molecule has 0 atom stereocenters. The van der Waals surface area contributed by atoms with Gasteiger partial charge in [0.05, 0.1) is 24.5 Å². The molecule has 19 heavy (non-hydrogen) atoms. The first kappa shape index (κ1) is 12.0. The molecule has 0 unspecified atom stereocenters. The minimum absolute atomic E-state index is 0.182. The molecule has 0 spiro atoms. The number of benzene rings is 1. The number of imidazole rings is 1. The molecule has 0 aliphatic heterocycles. The van der Waals surface area contributed by atoms with Crippen molar-refractivity contribution in [3.05, 3.63) is 24.5 Å². The molecular formula is C14H17N3O2. The third-order valence-corrected chi connectivity index (χ3v) is 3.43. The topological polar surface area (TPSA) is 56.1 Å². The van der Waals surface area contributed by atoms with Crippen molar-refractivity contribution in [2.24, 2.45) is 5.92 Å². The first-order valence-corrected chi connectivity index (χ1v) is 6.54. The van der Waals surface area contributed by atoms with Crippen LogP contribution in [0, 0.1) is 5.92 Å². The van der Waals surface area contributed by atoms with E-state index in [0.29, 0.717) is 6.54 Å². The maximum atomic E-state index is 11.5. The van der Waals surface area contributed by atoms with Gasteiger partial charge in [0.25, 0.3) is 0 Å². The monoisotopic (exact) mass is 259 g/mol. The normalized spacial score (nSPS) is 14.6. The van der Waals surface area contributed by atoms with Crippen molar-refractivity contribution in [1.82, 2.24) is 14.9 Å². The van der Waals surface area contributed by atoms with E-state index in [1.54, 1.807) is 13.4 Å². The lowest BCUT2D eigenvalue weighted by atomic mass is 10.3. The molecule has 1 aliphatic rings. The summed E-state index contributed by atoms with van der Waals surface area (Å²) in [5.74, 6) is 1.26. The predicted octanol–water partition coefficient (Wildman–Crippen LogP) is 1.57. The Balaban J connectivity index is 1.67. The number of carbonyl (C=O) groups excluding carboxylic acids is 1. The van der Waals surface area contributed by atoms with E-state index in [-0.39, 0.29) is 11.8 Å². The summed E-state index contributed by atoms with van der Waals surface area (Å²) in [6, 6.07) is 5.80. The Labute approximate surface area is 111 Å². The minimum Gasteiger partial charge on any atom is -0.497 e. The van der Waals surface area contributed by atoms with Gasteiger partial charge in [-0.05, 0) is 25.0 Å². The van der Waals surface area contributed by atoms with Gasteiger partial charge < -0.3 is 14.6 Å². The van der Waals surface area contributed by atoms with Crippen molar-refractivity contribution in [3.8, 4) is 5.75 Å². The summed E-state index contributed by atoms with van der Waals surface area (Å²) in [7, 11) is 1.65. The van der Waals surface area contributed by atoms with Crippen LogP contribution in [0.5, 0.6) is 5.75 Å². The van der Waals surface area contributed by atoms with E-state index in [4.69, 9.17) is 4.74 Å². The number of hydrogen-bond acceptors (Lipinski definition) is 3. The van der Waals surface area contributed by atoms with Crippen LogP contribution in [-0.2, 0) is 11.3 Å². The fraction of sp³-hybridized carbons (Fsp3) is 0.429. The number of rotatable bonds is 5. The number of nitrogens with one attached hydrogen (secondary N) is 1. The molecule has 1 fully saturated rings. The quantitative estimate of drug-likeness (QED) is 0.886. The molecule has 0 bridgehead atoms. The molecule has 1 aromatic heterocycles. The molecule has 2 aromatic rings. The fourth-order valence-electron chi connectivity index (χ4n) is 2.13. The molecular weight excluding hydrogens is 242 g/mol. The highest BCUT2D eigenvalue weighted by atomic mass is 16.5. The van der Waals surface area contributed by atoms with Gasteiger partial charge in [-0.1, -0.05) is 0 Å². The number of amides is 1. The highest BCUT2D eigenvalue weighted by Crippen LogP contribution is 2.28. The Kier molecular flexibility index (Phi) is 3.11. The third-order valence-electron chi connectivity index (χ3n) is 3.43. The smallest absolute Gasteiger partial charge is 0.223 e. The van der Waals surface area contributed by atoms with Crippen molar-refractivity contribution >= 4 is 16.9 Å². The van der Waals surface area contributed by atoms with Gasteiger partial charge in [-0.2, -0.15) is 0 Å². The summed E-state index contributed by atoms with van der Waals surface area (Å²) >= 11 is 0. The van der Waals surface area contributed by atoms with E-state index in [2.05, 4.69) is 10.3 Å². The van der Waals surface area contributed by atoms with Crippen molar-refractivity contribution in [2.45, 2.75) is 19.4 Å². The van der Waals surface area contributed by atoms with Gasteiger partial charge >= 0.3 is 0 Å². The minimum atomic E-state index is 0.182. The van der Waals surface area contributed by atoms with Gasteiger partial charge in [-0.15, -0.1) is 0 Å². The number of fused-ring (bicyclic) bond motifs is 1. The van der Waals surface area contributed by atoms with E-state index in [1.165, 1.54) is 0 Å². The van der Waals surface area contributed by atoms with Crippen molar-refractivity contribution in [3.63, 3.8) is 0 Å². The summed E-state index contributed by atoms with van der Waals surface area (Å²) in [5, 5.41) is 2.96. The van der Waals surface area contributed by atoms with Crippen molar-refractivity contribution < 1.29 is 9.53 Å². The third kappa shape index (κ3) is 2.54. The molecule has 3 rings (SSSR count). The maximum Gasteiger partial charge on any atom is 0.223 e. The molecule has 1 saturated carbocycles. The van der Waals surface area contributed by atoms with Crippen LogP contribution in [0.3, 0.4) is 0 Å². The van der Waals surface area contributed by atoms with Crippen molar-refractivity contribution in [2.75, 3.05) is 13.7 Å². The Bertz CT molecular complexity index is 602. The lowest BCUT2D eigenvalue weighted by Crippen LogP contribution is -2.28. The molecule has 1 N–H and O–H groups in total. The van der Waals surface area contributed by atoms with Crippen LogP contribution in [0.1, 0.15) is 12.8 Å². The highest BCUT2D eigenvalue weighted by molar-refractivity contribution is 5.80. The van der Waals surface area contributed by atoms with Crippen molar-refractivity contribution in [1.29, 1.82) is 0 Å². The number of nitrogens with zero attached hydrogens (tertiary/aromatic N) is 2. The maximum absolute atomic E-state index is 11.5. The number of methoxy groups -OCH3 is 1. The zero-order chi connectivity index (χ0) is 13.2. The van der Waals surface area contributed by atoms with Crippen LogP contribution in [0.15, 0.2) is 24.5 Å². The molecule has 1 aromatic carbocycles. The van der Waals surface area contributed by atoms with E-state index in [0.717, 1.165) is 36.2 Å². The second-order valence-corrected chi connectivity index (χ2v) is 4.86. The molecule has 5 nitrogen and oxygen atoms in total. The number of carbonyl (C=O) groups is 1. The van der Waals surface area contributed by atoms with E-state index in [9.17, 15) is 4.79 Å². The largest absolute Gasteiger partial charge is 0.497 e. The Morgan fingerprint density at radius 2 is 2.37 bits per heavy atom. The molecule has 1 amide bonds. The van der Waals surface area contributed by atoms with Gasteiger partial charge in [0.1, 0.15) is 5.75 Å². The first-order chi connectivity index (χ1) is 9.28. The number of aromatic nitrogens is 2. The highest BCUT2D eigenvalue weighted by Gasteiger charge is 2.28.